The molecule has 0 aliphatic carbocycles. The Balaban J connectivity index is 1.22. The Morgan fingerprint density at radius 1 is 1.07 bits per heavy atom. The van der Waals surface area contributed by atoms with Gasteiger partial charge in [-0.2, -0.15) is 0 Å². The van der Waals surface area contributed by atoms with Crippen LogP contribution in [0.1, 0.15) is 15.6 Å². The van der Waals surface area contributed by atoms with Gasteiger partial charge in [-0.05, 0) is 30.3 Å². The normalized spacial score (nSPS) is 14.4. The summed E-state index contributed by atoms with van der Waals surface area (Å²) in [7, 11) is 0. The molecule has 1 aliphatic heterocycles. The number of nitrogens with zero attached hydrogens (tertiary/aromatic N) is 3. The first-order valence-corrected chi connectivity index (χ1v) is 10.2. The third-order valence-corrected chi connectivity index (χ3v) is 5.66. The van der Waals surface area contributed by atoms with Crippen molar-refractivity contribution >= 4 is 45.4 Å². The first-order chi connectivity index (χ1) is 14.6. The maximum absolute atomic E-state index is 12.3. The molecule has 3 heterocycles. The molecule has 3 aromatic rings. The number of aromatic nitrogens is 1. The zero-order valence-electron chi connectivity index (χ0n) is 16.0. The van der Waals surface area contributed by atoms with E-state index in [2.05, 4.69) is 4.98 Å². The third-order valence-electron chi connectivity index (χ3n) is 4.66. The van der Waals surface area contributed by atoms with Crippen LogP contribution in [0.15, 0.2) is 53.2 Å². The molecule has 0 saturated carbocycles. The highest BCUT2D eigenvalue weighted by molar-refractivity contribution is 7.19. The van der Waals surface area contributed by atoms with Gasteiger partial charge in [-0.3, -0.25) is 9.59 Å². The first-order valence-electron chi connectivity index (χ1n) is 9.41. The lowest BCUT2D eigenvalue weighted by molar-refractivity contribution is -0.148. The van der Waals surface area contributed by atoms with Crippen molar-refractivity contribution in [1.29, 1.82) is 0 Å². The number of amides is 2. The Kier molecular flexibility index (Phi) is 5.89. The van der Waals surface area contributed by atoms with Crippen LogP contribution in [-0.2, 0) is 14.3 Å². The number of furan rings is 1. The number of benzene rings is 1. The molecule has 1 aliphatic rings. The number of hydrogen-bond donors (Lipinski definition) is 0. The van der Waals surface area contributed by atoms with Crippen LogP contribution < -0.4 is 0 Å². The summed E-state index contributed by atoms with van der Waals surface area (Å²) in [5, 5.41) is 0.692. The predicted octanol–water partition coefficient (Wildman–Crippen LogP) is 2.43. The SMILES string of the molecule is O=C(/C=C/c1nc2ccccc2s1)OCC(=O)N1CCN(C(=O)c2ccco2)CC1. The standard InChI is InChI=1S/C21H19N3O5S/c25-19(23-9-11-24(12-10-23)21(27)16-5-3-13-28-16)14-29-20(26)8-7-18-22-15-4-1-2-6-17(15)30-18/h1-8,13H,9-12,14H2/b8-7+. The van der Waals surface area contributed by atoms with Crippen LogP contribution >= 0.6 is 11.3 Å². The second kappa shape index (κ2) is 8.91. The molecule has 1 aromatic carbocycles. The molecular weight excluding hydrogens is 406 g/mol. The quantitative estimate of drug-likeness (QED) is 0.460. The number of carbonyl (C=O) groups excluding carboxylic acids is 3. The van der Waals surface area contributed by atoms with Crippen LogP contribution in [0.2, 0.25) is 0 Å². The largest absolute Gasteiger partial charge is 0.459 e. The number of piperazine rings is 1. The molecular formula is C21H19N3O5S. The van der Waals surface area contributed by atoms with Crippen molar-refractivity contribution < 1.29 is 23.5 Å². The van der Waals surface area contributed by atoms with E-state index in [0.717, 1.165) is 10.2 Å². The minimum atomic E-state index is -0.603. The lowest BCUT2D eigenvalue weighted by atomic mass is 10.3. The Bertz CT molecular complexity index is 1050. The number of para-hydroxylation sites is 1. The number of ether oxygens (including phenoxy) is 1. The molecule has 0 unspecified atom stereocenters. The van der Waals surface area contributed by atoms with Gasteiger partial charge >= 0.3 is 5.97 Å². The molecule has 0 N–H and O–H groups in total. The third kappa shape index (κ3) is 4.57. The Hall–Kier alpha value is -3.46. The molecule has 1 fully saturated rings. The molecule has 0 radical (unpaired) electrons. The summed E-state index contributed by atoms with van der Waals surface area (Å²) >= 11 is 1.47. The van der Waals surface area contributed by atoms with Crippen molar-refractivity contribution in [2.75, 3.05) is 32.8 Å². The molecule has 0 spiro atoms. The lowest BCUT2D eigenvalue weighted by Gasteiger charge is -2.34. The molecule has 154 valence electrons. The number of thiazole rings is 1. The first kappa shape index (κ1) is 19.8. The molecule has 0 atom stereocenters. The molecule has 9 heteroatoms. The van der Waals surface area contributed by atoms with Crippen LogP contribution in [0.4, 0.5) is 0 Å². The molecule has 4 rings (SSSR count). The highest BCUT2D eigenvalue weighted by atomic mass is 32.1. The zero-order valence-corrected chi connectivity index (χ0v) is 16.8. The minimum Gasteiger partial charge on any atom is -0.459 e. The molecule has 1 saturated heterocycles. The highest BCUT2D eigenvalue weighted by Gasteiger charge is 2.26. The van der Waals surface area contributed by atoms with Crippen LogP contribution in [0, 0.1) is 0 Å². The second-order valence-electron chi connectivity index (χ2n) is 6.61. The average Bonchev–Trinajstić information content (AvgIpc) is 3.45. The van der Waals surface area contributed by atoms with Crippen LogP contribution in [0.5, 0.6) is 0 Å². The average molecular weight is 425 g/mol. The van der Waals surface area contributed by atoms with Crippen LogP contribution in [0.3, 0.4) is 0 Å². The molecule has 2 aromatic heterocycles. The Labute approximate surface area is 176 Å². The summed E-state index contributed by atoms with van der Waals surface area (Å²) in [6.45, 7) is 1.22. The van der Waals surface area contributed by atoms with Gasteiger partial charge in [0.25, 0.3) is 11.8 Å². The maximum atomic E-state index is 12.3. The lowest BCUT2D eigenvalue weighted by Crippen LogP contribution is -2.51. The maximum Gasteiger partial charge on any atom is 0.331 e. The molecule has 0 bridgehead atoms. The summed E-state index contributed by atoms with van der Waals surface area (Å²) in [6.07, 6.45) is 4.30. The topological polar surface area (TPSA) is 93.0 Å². The van der Waals surface area contributed by atoms with Crippen molar-refractivity contribution in [2.45, 2.75) is 0 Å². The van der Waals surface area contributed by atoms with Crippen molar-refractivity contribution in [1.82, 2.24) is 14.8 Å². The van der Waals surface area contributed by atoms with Gasteiger partial charge in [0, 0.05) is 32.3 Å². The van der Waals surface area contributed by atoms with E-state index in [1.807, 2.05) is 24.3 Å². The van der Waals surface area contributed by atoms with Gasteiger partial charge in [-0.1, -0.05) is 12.1 Å². The van der Waals surface area contributed by atoms with Crippen molar-refractivity contribution in [3.63, 3.8) is 0 Å². The van der Waals surface area contributed by atoms with Gasteiger partial charge < -0.3 is 19.0 Å². The summed E-state index contributed by atoms with van der Waals surface area (Å²) in [4.78, 5) is 44.1. The number of esters is 1. The van der Waals surface area contributed by atoms with E-state index in [-0.39, 0.29) is 24.2 Å². The molecule has 2 amide bonds. The van der Waals surface area contributed by atoms with Gasteiger partial charge in [0.05, 0.1) is 16.5 Å². The Morgan fingerprint density at radius 2 is 1.83 bits per heavy atom. The smallest absolute Gasteiger partial charge is 0.331 e. The number of carbonyl (C=O) groups is 3. The summed E-state index contributed by atoms with van der Waals surface area (Å²) in [6, 6.07) is 11.0. The zero-order chi connectivity index (χ0) is 20.9. The van der Waals surface area contributed by atoms with E-state index in [9.17, 15) is 14.4 Å². The monoisotopic (exact) mass is 425 g/mol. The van der Waals surface area contributed by atoms with Crippen LogP contribution in [-0.4, -0.2) is 65.4 Å². The number of rotatable bonds is 5. The van der Waals surface area contributed by atoms with E-state index in [0.29, 0.717) is 31.2 Å². The second-order valence-corrected chi connectivity index (χ2v) is 7.67. The molecule has 30 heavy (non-hydrogen) atoms. The van der Waals surface area contributed by atoms with E-state index >= 15 is 0 Å². The van der Waals surface area contributed by atoms with E-state index < -0.39 is 5.97 Å². The number of fused-ring (bicyclic) bond motifs is 1. The van der Waals surface area contributed by atoms with E-state index in [1.54, 1.807) is 28.0 Å². The van der Waals surface area contributed by atoms with Gasteiger partial charge in [-0.25, -0.2) is 9.78 Å². The molecule has 8 nitrogen and oxygen atoms in total. The van der Waals surface area contributed by atoms with Gasteiger partial charge in [0.1, 0.15) is 5.01 Å². The fraction of sp³-hybridized carbons (Fsp3) is 0.238. The van der Waals surface area contributed by atoms with Gasteiger partial charge in [0.2, 0.25) is 0 Å². The van der Waals surface area contributed by atoms with E-state index in [4.69, 9.17) is 9.15 Å². The Morgan fingerprint density at radius 3 is 2.57 bits per heavy atom. The van der Waals surface area contributed by atoms with Crippen LogP contribution in [0.25, 0.3) is 16.3 Å². The highest BCUT2D eigenvalue weighted by Crippen LogP contribution is 2.22. The fourth-order valence-corrected chi connectivity index (χ4v) is 3.96. The summed E-state index contributed by atoms with van der Waals surface area (Å²) in [5.41, 5.74) is 0.871. The van der Waals surface area contributed by atoms with Crippen molar-refractivity contribution in [2.24, 2.45) is 0 Å². The fourth-order valence-electron chi connectivity index (χ4n) is 3.09. The van der Waals surface area contributed by atoms with Crippen molar-refractivity contribution in [3.05, 3.63) is 59.5 Å². The van der Waals surface area contributed by atoms with E-state index in [1.165, 1.54) is 23.7 Å². The summed E-state index contributed by atoms with van der Waals surface area (Å²) < 4.78 is 11.2. The minimum absolute atomic E-state index is 0.196. The summed E-state index contributed by atoms with van der Waals surface area (Å²) in [5.74, 6) is -0.807. The van der Waals surface area contributed by atoms with Gasteiger partial charge in [0.15, 0.2) is 12.4 Å². The van der Waals surface area contributed by atoms with Crippen molar-refractivity contribution in [3.8, 4) is 0 Å². The number of hydrogen-bond acceptors (Lipinski definition) is 7. The van der Waals surface area contributed by atoms with Gasteiger partial charge in [-0.15, -0.1) is 11.3 Å². The predicted molar refractivity (Wildman–Crippen MR) is 111 cm³/mol.